The zero-order valence-corrected chi connectivity index (χ0v) is 13.8. The molecular weight excluding hydrogens is 264 g/mol. The third-order valence-electron chi connectivity index (χ3n) is 3.17. The van der Waals surface area contributed by atoms with Gasteiger partial charge < -0.3 is 15.0 Å². The van der Waals surface area contributed by atoms with Crippen LogP contribution in [0.4, 0.5) is 4.79 Å². The molecule has 0 aliphatic rings. The Bertz CT molecular complexity index is 426. The summed E-state index contributed by atoms with van der Waals surface area (Å²) in [6, 6.07) is 10.5. The first-order chi connectivity index (χ1) is 9.83. The van der Waals surface area contributed by atoms with Gasteiger partial charge in [-0.25, -0.2) is 4.79 Å². The van der Waals surface area contributed by atoms with E-state index in [1.807, 2.05) is 45.9 Å². The Labute approximate surface area is 128 Å². The van der Waals surface area contributed by atoms with Crippen molar-refractivity contribution in [2.45, 2.75) is 46.3 Å². The fourth-order valence-corrected chi connectivity index (χ4v) is 1.98. The van der Waals surface area contributed by atoms with Crippen LogP contribution in [0, 0.1) is 0 Å². The number of carbonyl (C=O) groups excluding carboxylic acids is 1. The zero-order chi connectivity index (χ0) is 15.9. The second-order valence-electron chi connectivity index (χ2n) is 6.15. The molecule has 0 fully saturated rings. The van der Waals surface area contributed by atoms with E-state index < -0.39 is 5.60 Å². The van der Waals surface area contributed by atoms with Crippen LogP contribution < -0.4 is 5.32 Å². The first-order valence-electron chi connectivity index (χ1n) is 7.59. The van der Waals surface area contributed by atoms with Gasteiger partial charge >= 0.3 is 6.09 Å². The highest BCUT2D eigenvalue weighted by Crippen LogP contribution is 2.11. The molecule has 1 atom stereocenters. The number of likely N-dealkylation sites (N-methyl/N-ethyl adjacent to an activating group) is 1. The van der Waals surface area contributed by atoms with Gasteiger partial charge in [-0.15, -0.1) is 0 Å². The van der Waals surface area contributed by atoms with Crippen molar-refractivity contribution in [1.82, 2.24) is 10.2 Å². The molecule has 21 heavy (non-hydrogen) atoms. The average molecular weight is 292 g/mol. The third-order valence-corrected chi connectivity index (χ3v) is 3.17. The number of hydrogen-bond donors (Lipinski definition) is 1. The van der Waals surface area contributed by atoms with Crippen LogP contribution >= 0.6 is 0 Å². The number of ether oxygens (including phenoxy) is 1. The zero-order valence-electron chi connectivity index (χ0n) is 13.8. The van der Waals surface area contributed by atoms with E-state index in [1.165, 1.54) is 5.56 Å². The van der Waals surface area contributed by atoms with Crippen LogP contribution in [0.25, 0.3) is 0 Å². The highest BCUT2D eigenvalue weighted by molar-refractivity contribution is 5.68. The van der Waals surface area contributed by atoms with Crippen molar-refractivity contribution in [3.63, 3.8) is 0 Å². The summed E-state index contributed by atoms with van der Waals surface area (Å²) < 4.78 is 5.39. The molecule has 0 aromatic heterocycles. The molecule has 1 unspecified atom stereocenters. The normalized spacial score (nSPS) is 12.8. The molecule has 4 heteroatoms. The molecule has 1 rings (SSSR count). The first-order valence-corrected chi connectivity index (χ1v) is 7.59. The van der Waals surface area contributed by atoms with Crippen molar-refractivity contribution in [1.29, 1.82) is 0 Å². The maximum atomic E-state index is 12.0. The fraction of sp³-hybridized carbons (Fsp3) is 0.588. The van der Waals surface area contributed by atoms with Gasteiger partial charge in [0.15, 0.2) is 0 Å². The van der Waals surface area contributed by atoms with Crippen molar-refractivity contribution in [2.24, 2.45) is 0 Å². The van der Waals surface area contributed by atoms with E-state index in [4.69, 9.17) is 4.74 Å². The van der Waals surface area contributed by atoms with Crippen molar-refractivity contribution in [3.8, 4) is 0 Å². The van der Waals surface area contributed by atoms with Crippen LogP contribution in [0.1, 0.15) is 46.2 Å². The molecule has 1 N–H and O–H groups in total. The molecule has 1 aromatic rings. The maximum Gasteiger partial charge on any atom is 0.410 e. The third kappa shape index (κ3) is 6.63. The summed E-state index contributed by atoms with van der Waals surface area (Å²) in [4.78, 5) is 13.7. The molecule has 0 bridgehead atoms. The second kappa shape index (κ2) is 8.03. The lowest BCUT2D eigenvalue weighted by molar-refractivity contribution is 0.0261. The summed E-state index contributed by atoms with van der Waals surface area (Å²) in [5.74, 6) is 0. The number of rotatable bonds is 6. The molecule has 0 spiro atoms. The van der Waals surface area contributed by atoms with Crippen molar-refractivity contribution < 1.29 is 9.53 Å². The van der Waals surface area contributed by atoms with Gasteiger partial charge in [0, 0.05) is 25.7 Å². The van der Waals surface area contributed by atoms with Crippen LogP contribution in [0.5, 0.6) is 0 Å². The lowest BCUT2D eigenvalue weighted by Crippen LogP contribution is -2.40. The molecule has 118 valence electrons. The monoisotopic (exact) mass is 292 g/mol. The minimum Gasteiger partial charge on any atom is -0.444 e. The van der Waals surface area contributed by atoms with E-state index in [0.29, 0.717) is 13.1 Å². The van der Waals surface area contributed by atoms with Gasteiger partial charge in [0.2, 0.25) is 0 Å². The van der Waals surface area contributed by atoms with Gasteiger partial charge in [0.05, 0.1) is 0 Å². The van der Waals surface area contributed by atoms with Crippen molar-refractivity contribution in [2.75, 3.05) is 19.6 Å². The van der Waals surface area contributed by atoms with Gasteiger partial charge in [0.1, 0.15) is 5.60 Å². The van der Waals surface area contributed by atoms with E-state index in [-0.39, 0.29) is 12.1 Å². The number of benzene rings is 1. The number of nitrogens with one attached hydrogen (secondary N) is 1. The molecule has 1 amide bonds. The van der Waals surface area contributed by atoms with E-state index >= 15 is 0 Å². The molecule has 0 aliphatic heterocycles. The van der Waals surface area contributed by atoms with Gasteiger partial charge in [-0.1, -0.05) is 30.3 Å². The van der Waals surface area contributed by atoms with E-state index in [1.54, 1.807) is 4.90 Å². The molecule has 0 radical (unpaired) electrons. The van der Waals surface area contributed by atoms with Crippen LogP contribution in [-0.4, -0.2) is 36.2 Å². The topological polar surface area (TPSA) is 41.6 Å². The summed E-state index contributed by atoms with van der Waals surface area (Å²) in [5.41, 5.74) is 0.799. The lowest BCUT2D eigenvalue weighted by Gasteiger charge is -2.27. The number of nitrogens with zero attached hydrogens (tertiary/aromatic N) is 1. The summed E-state index contributed by atoms with van der Waals surface area (Å²) in [6.45, 7) is 11.8. The lowest BCUT2D eigenvalue weighted by atomic mass is 10.1. The summed E-state index contributed by atoms with van der Waals surface area (Å²) >= 11 is 0. The second-order valence-corrected chi connectivity index (χ2v) is 6.15. The Kier molecular flexibility index (Phi) is 6.69. The Morgan fingerprint density at radius 2 is 1.90 bits per heavy atom. The first kappa shape index (κ1) is 17.5. The van der Waals surface area contributed by atoms with E-state index in [2.05, 4.69) is 24.4 Å². The number of amides is 1. The minimum atomic E-state index is -0.449. The predicted molar refractivity (Wildman–Crippen MR) is 86.3 cm³/mol. The van der Waals surface area contributed by atoms with Crippen LogP contribution in [0.2, 0.25) is 0 Å². The van der Waals surface area contributed by atoms with E-state index in [9.17, 15) is 4.79 Å². The number of carbonyl (C=O) groups is 1. The van der Waals surface area contributed by atoms with E-state index in [0.717, 1.165) is 6.54 Å². The quantitative estimate of drug-likeness (QED) is 0.871. The van der Waals surface area contributed by atoms with Crippen LogP contribution in [0.3, 0.4) is 0 Å². The fourth-order valence-electron chi connectivity index (χ4n) is 1.98. The number of hydrogen-bond acceptors (Lipinski definition) is 3. The smallest absolute Gasteiger partial charge is 0.410 e. The average Bonchev–Trinajstić information content (AvgIpc) is 2.42. The molecule has 4 nitrogen and oxygen atoms in total. The Hall–Kier alpha value is -1.55. The summed E-state index contributed by atoms with van der Waals surface area (Å²) in [5, 5.41) is 3.43. The molecule has 0 saturated carbocycles. The predicted octanol–water partition coefficient (Wildman–Crippen LogP) is 3.59. The highest BCUT2D eigenvalue weighted by atomic mass is 16.6. The molecule has 0 heterocycles. The van der Waals surface area contributed by atoms with Crippen LogP contribution in [0.15, 0.2) is 30.3 Å². The standard InChI is InChI=1S/C17H28N2O2/c1-6-19(16(20)21-17(3,4)5)13-12-18-14(2)15-10-8-7-9-11-15/h7-11,14,18H,6,12-13H2,1-5H3. The van der Waals surface area contributed by atoms with Crippen molar-refractivity contribution in [3.05, 3.63) is 35.9 Å². The van der Waals surface area contributed by atoms with Gasteiger partial charge in [-0.2, -0.15) is 0 Å². The van der Waals surface area contributed by atoms with Gasteiger partial charge in [-0.3, -0.25) is 0 Å². The highest BCUT2D eigenvalue weighted by Gasteiger charge is 2.20. The SMILES string of the molecule is CCN(CCNC(C)c1ccccc1)C(=O)OC(C)(C)C. The Morgan fingerprint density at radius 1 is 1.29 bits per heavy atom. The Morgan fingerprint density at radius 3 is 2.43 bits per heavy atom. The Balaban J connectivity index is 2.40. The molecule has 0 saturated heterocycles. The molecular formula is C17H28N2O2. The van der Waals surface area contributed by atoms with Crippen LogP contribution in [-0.2, 0) is 4.74 Å². The van der Waals surface area contributed by atoms with Gasteiger partial charge in [0.25, 0.3) is 0 Å². The van der Waals surface area contributed by atoms with Gasteiger partial charge in [-0.05, 0) is 40.2 Å². The molecule has 1 aromatic carbocycles. The summed E-state index contributed by atoms with van der Waals surface area (Å²) in [6.07, 6.45) is -0.251. The minimum absolute atomic E-state index is 0.251. The summed E-state index contributed by atoms with van der Waals surface area (Å²) in [7, 11) is 0. The molecule has 0 aliphatic carbocycles. The van der Waals surface area contributed by atoms with Crippen molar-refractivity contribution >= 4 is 6.09 Å². The largest absolute Gasteiger partial charge is 0.444 e. The maximum absolute atomic E-state index is 12.0.